The average molecular weight is 392 g/mol. The maximum Gasteiger partial charge on any atom is 0.350 e. The lowest BCUT2D eigenvalue weighted by molar-refractivity contribution is 0.248. The minimum absolute atomic E-state index is 0.207. The molecule has 1 fully saturated rings. The van der Waals surface area contributed by atoms with Crippen LogP contribution in [0.15, 0.2) is 53.3 Å². The predicted molar refractivity (Wildman–Crippen MR) is 104 cm³/mol. The minimum Gasteiger partial charge on any atom is -0.369 e. The fourth-order valence-electron chi connectivity index (χ4n) is 1.87. The number of hydrogen-bond donors (Lipinski definition) is 0. The molecule has 1 aromatic carbocycles. The van der Waals surface area contributed by atoms with Crippen molar-refractivity contribution in [1.29, 1.82) is 0 Å². The van der Waals surface area contributed by atoms with Crippen molar-refractivity contribution >= 4 is 22.9 Å². The van der Waals surface area contributed by atoms with E-state index in [1.807, 2.05) is 0 Å². The van der Waals surface area contributed by atoms with E-state index in [1.54, 1.807) is 0 Å². The largest absolute Gasteiger partial charge is 0.369 e. The van der Waals surface area contributed by atoms with E-state index in [1.165, 1.54) is 0 Å². The van der Waals surface area contributed by atoms with Crippen LogP contribution >= 0.6 is 11.6 Å². The van der Waals surface area contributed by atoms with E-state index in [-0.39, 0.29) is 18.9 Å². The summed E-state index contributed by atoms with van der Waals surface area (Å²) < 4.78 is 166. The molecule has 0 unspecified atom stereocenters. The smallest absolute Gasteiger partial charge is 0.350 e. The van der Waals surface area contributed by atoms with Crippen LogP contribution in [-0.4, -0.2) is 51.6 Å². The molecule has 1 aliphatic rings. The van der Waals surface area contributed by atoms with E-state index in [0.717, 1.165) is 0 Å². The first-order chi connectivity index (χ1) is 20.5. The SMILES string of the molecule is [2H]c1c([2H])c(Cl)c([2H])c(N2C([2H])([2H])C([2H])([2H])N(CC([2H])([2H])C([2H])([2H])n3nc4c([2H])c([2H])c([2H])c([2H])n4c3=O)C([2H])([2H])C2([2H])[2H])c1[2H]. The van der Waals surface area contributed by atoms with Crippen molar-refractivity contribution in [1.82, 2.24) is 19.1 Å². The molecule has 0 spiro atoms. The van der Waals surface area contributed by atoms with E-state index in [2.05, 4.69) is 5.10 Å². The topological polar surface area (TPSA) is 45.8 Å². The summed E-state index contributed by atoms with van der Waals surface area (Å²) in [6.07, 6.45) is -4.67. The van der Waals surface area contributed by atoms with Gasteiger partial charge in [-0.2, -0.15) is 0 Å². The van der Waals surface area contributed by atoms with Crippen molar-refractivity contribution in [2.45, 2.75) is 12.9 Å². The van der Waals surface area contributed by atoms with Gasteiger partial charge in [0.15, 0.2) is 5.65 Å². The van der Waals surface area contributed by atoms with Gasteiger partial charge in [-0.25, -0.2) is 9.48 Å². The molecule has 2 aromatic heterocycles. The zero-order valence-electron chi connectivity index (χ0n) is 32.7. The van der Waals surface area contributed by atoms with Crippen molar-refractivity contribution in [2.24, 2.45) is 0 Å². The molecule has 0 radical (unpaired) electrons. The Kier molecular flexibility index (Phi) is 1.62. The zero-order valence-corrected chi connectivity index (χ0v) is 13.5. The van der Waals surface area contributed by atoms with Gasteiger partial charge in [-0.3, -0.25) is 9.30 Å². The molecule has 136 valence electrons. The molecule has 0 N–H and O–H groups in total. The van der Waals surface area contributed by atoms with Crippen LogP contribution in [0.3, 0.4) is 0 Å². The number of anilines is 1. The third-order valence-corrected chi connectivity index (χ3v) is 3.19. The van der Waals surface area contributed by atoms with E-state index >= 15 is 0 Å². The van der Waals surface area contributed by atoms with Crippen LogP contribution < -0.4 is 10.6 Å². The molecule has 3 aromatic rings. The van der Waals surface area contributed by atoms with E-state index in [4.69, 9.17) is 39.0 Å². The molecule has 0 aliphatic carbocycles. The van der Waals surface area contributed by atoms with E-state index in [9.17, 15) is 4.79 Å². The third kappa shape index (κ3) is 3.61. The van der Waals surface area contributed by atoms with Gasteiger partial charge in [-0.1, -0.05) is 23.7 Å². The molecule has 7 heteroatoms. The lowest BCUT2D eigenvalue weighted by Gasteiger charge is -2.36. The van der Waals surface area contributed by atoms with Gasteiger partial charge in [0.05, 0.1) is 19.2 Å². The Balaban J connectivity index is 1.91. The van der Waals surface area contributed by atoms with Crippen LogP contribution in [0.5, 0.6) is 0 Å². The summed E-state index contributed by atoms with van der Waals surface area (Å²) in [6, 6.07) is -6.81. The molecule has 6 nitrogen and oxygen atoms in total. The highest BCUT2D eigenvalue weighted by atomic mass is 35.5. The Hall–Kier alpha value is -2.31. The molecule has 0 saturated carbocycles. The van der Waals surface area contributed by atoms with Crippen LogP contribution in [-0.2, 0) is 6.50 Å². The highest BCUT2D eigenvalue weighted by molar-refractivity contribution is 6.30. The summed E-state index contributed by atoms with van der Waals surface area (Å²) in [7, 11) is 0. The monoisotopic (exact) mass is 391 g/mol. The Bertz CT molecular complexity index is 1780. The molecule has 26 heavy (non-hydrogen) atoms. The summed E-state index contributed by atoms with van der Waals surface area (Å²) >= 11 is 5.89. The lowest BCUT2D eigenvalue weighted by Crippen LogP contribution is -2.46. The standard InChI is InChI=1S/C19H22ClN5O/c20-16-5-3-6-17(15-16)23-13-11-22(12-14-23)8-4-10-25-19(26)24-9-2-1-7-18(24)21-25/h1-3,5-7,9,15H,4,8,10-14H2/i1D,2D,3D,4D2,5D,6D,7D,9D,10D2,11D2,12D2,13D2,14D2,15D. The second kappa shape index (κ2) is 7.51. The number of aromatic nitrogens is 3. The molecule has 1 aliphatic heterocycles. The second-order valence-electron chi connectivity index (χ2n) is 4.66. The first-order valence-corrected chi connectivity index (χ1v) is 7.35. The van der Waals surface area contributed by atoms with Crippen molar-refractivity contribution in [3.63, 3.8) is 0 Å². The maximum absolute atomic E-state index is 13.1. The van der Waals surface area contributed by atoms with Gasteiger partial charge < -0.3 is 4.90 Å². The Labute approximate surface area is 185 Å². The molecule has 0 atom stereocenters. The zero-order chi connectivity index (χ0) is 35.7. The normalized spacial score (nSPS) is 35.7. The number of pyridine rings is 1. The summed E-state index contributed by atoms with van der Waals surface area (Å²) in [6.45, 7) is -21.0. The summed E-state index contributed by atoms with van der Waals surface area (Å²) in [5, 5.41) is 2.67. The first kappa shape index (κ1) is 5.59. The summed E-state index contributed by atoms with van der Waals surface area (Å²) in [5.74, 6) is 0. The highest BCUT2D eigenvalue weighted by Gasteiger charge is 2.17. The van der Waals surface area contributed by atoms with Crippen LogP contribution in [0.4, 0.5) is 5.69 Å². The molecule has 0 bridgehead atoms. The Morgan fingerprint density at radius 1 is 1.19 bits per heavy atom. The fraction of sp³-hybridized carbons (Fsp3) is 0.368. The Morgan fingerprint density at radius 2 is 2.04 bits per heavy atom. The molecule has 4 rings (SSSR count). The fourth-order valence-corrected chi connectivity index (χ4v) is 2.01. The van der Waals surface area contributed by atoms with Gasteiger partial charge in [0.1, 0.15) is 0 Å². The number of rotatable bonds is 5. The summed E-state index contributed by atoms with van der Waals surface area (Å²) in [4.78, 5) is 12.5. The lowest BCUT2D eigenvalue weighted by atomic mass is 10.2. The quantitative estimate of drug-likeness (QED) is 0.669. The number of halogens is 1. The average Bonchev–Trinajstić information content (AvgIpc) is 3.30. The van der Waals surface area contributed by atoms with Gasteiger partial charge in [0, 0.05) is 64.1 Å². The number of nitrogens with zero attached hydrogens (tertiary/aromatic N) is 5. The highest BCUT2D eigenvalue weighted by Crippen LogP contribution is 2.20. The van der Waals surface area contributed by atoms with Crippen molar-refractivity contribution in [3.8, 4) is 0 Å². The van der Waals surface area contributed by atoms with Gasteiger partial charge in [0.25, 0.3) is 0 Å². The van der Waals surface area contributed by atoms with Crippen LogP contribution in [0.25, 0.3) is 5.65 Å². The predicted octanol–water partition coefficient (Wildman–Crippen LogP) is 2.36. The van der Waals surface area contributed by atoms with Gasteiger partial charge >= 0.3 is 5.69 Å². The van der Waals surface area contributed by atoms with Crippen molar-refractivity contribution in [3.05, 3.63) is 64.0 Å². The van der Waals surface area contributed by atoms with Gasteiger partial charge in [-0.05, 0) is 36.6 Å². The molecular formula is C19H22ClN5O. The summed E-state index contributed by atoms with van der Waals surface area (Å²) in [5.41, 5.74) is -3.61. The minimum atomic E-state index is -3.86. The van der Waals surface area contributed by atoms with Crippen molar-refractivity contribution < 1.29 is 27.4 Å². The van der Waals surface area contributed by atoms with Crippen LogP contribution in [0.2, 0.25) is 5.02 Å². The first-order valence-electron chi connectivity index (χ1n) is 17.0. The number of aryl methyl sites for hydroxylation is 1. The molecule has 0 amide bonds. The maximum atomic E-state index is 13.1. The Morgan fingerprint density at radius 3 is 2.88 bits per heavy atom. The van der Waals surface area contributed by atoms with Gasteiger partial charge in [-0.15, -0.1) is 5.10 Å². The molecule has 1 saturated heterocycles. The van der Waals surface area contributed by atoms with E-state index < -0.39 is 116 Å². The van der Waals surface area contributed by atoms with Crippen molar-refractivity contribution in [2.75, 3.05) is 37.4 Å². The number of fused-ring (bicyclic) bond motifs is 1. The van der Waals surface area contributed by atoms with Gasteiger partial charge in [0.2, 0.25) is 0 Å². The number of benzene rings is 1. The third-order valence-electron chi connectivity index (χ3n) is 3.00. The molecule has 3 heterocycles. The van der Waals surface area contributed by atoms with Crippen LogP contribution in [0, 0.1) is 0 Å². The number of piperazine rings is 1. The molecular weight excluding hydrogens is 350 g/mol. The second-order valence-corrected chi connectivity index (χ2v) is 5.04. The van der Waals surface area contributed by atoms with Crippen LogP contribution in [0.1, 0.15) is 33.8 Å². The van der Waals surface area contributed by atoms with E-state index in [0.29, 0.717) is 0 Å². The number of hydrogen-bond acceptors (Lipinski definition) is 4.